The molecule has 4 unspecified atom stereocenters. The van der Waals surface area contributed by atoms with Gasteiger partial charge >= 0.3 is 0 Å². The standard InChI is InChI=1S/C14H21N3O2.ClH/c15-5-12(18)9-16-6-10-4-11(8-16)13-2-1-3-14(19)17(13)7-10;/h1-3,10-12,18H,4-9,15H2;1H. The number of hydrogen-bond acceptors (Lipinski definition) is 3. The molecule has 20 heavy (non-hydrogen) atoms. The van der Waals surface area contributed by atoms with Crippen LogP contribution in [0.5, 0.6) is 0 Å². The lowest BCUT2D eigenvalue weighted by atomic mass is 9.83. The number of nitrogens with two attached hydrogens (primary N) is 1. The van der Waals surface area contributed by atoms with Crippen LogP contribution in [0, 0.1) is 5.92 Å². The summed E-state index contributed by atoms with van der Waals surface area (Å²) in [6.45, 7) is 3.91. The van der Waals surface area contributed by atoms with Gasteiger partial charge in [0.25, 0.3) is 5.56 Å². The molecular formula is C14H22ClN3O2. The zero-order valence-corrected chi connectivity index (χ0v) is 12.2. The molecule has 0 radical (unpaired) electrons. The molecular weight excluding hydrogens is 278 g/mol. The van der Waals surface area contributed by atoms with Crippen molar-refractivity contribution in [1.82, 2.24) is 4.57 Å². The van der Waals surface area contributed by atoms with Crippen LogP contribution in [0.2, 0.25) is 0 Å². The van der Waals surface area contributed by atoms with E-state index >= 15 is 0 Å². The Labute approximate surface area is 124 Å². The number of quaternary nitrogens is 1. The summed E-state index contributed by atoms with van der Waals surface area (Å²) in [6, 6.07) is 5.58. The molecule has 1 fully saturated rings. The quantitative estimate of drug-likeness (QED) is 0.524. The lowest BCUT2D eigenvalue weighted by Crippen LogP contribution is -3.15. The van der Waals surface area contributed by atoms with Gasteiger partial charge < -0.3 is 32.7 Å². The van der Waals surface area contributed by atoms with Gasteiger partial charge in [0.15, 0.2) is 0 Å². The molecule has 2 aliphatic rings. The number of hydrogen-bond donors (Lipinski definition) is 3. The number of likely N-dealkylation sites (tertiary alicyclic amines) is 1. The van der Waals surface area contributed by atoms with E-state index in [2.05, 4.69) is 6.07 Å². The van der Waals surface area contributed by atoms with Gasteiger partial charge in [-0.15, -0.1) is 0 Å². The largest absolute Gasteiger partial charge is 1.00 e. The molecule has 112 valence electrons. The van der Waals surface area contributed by atoms with Gasteiger partial charge in [-0.25, -0.2) is 0 Å². The van der Waals surface area contributed by atoms with Crippen molar-refractivity contribution in [2.45, 2.75) is 25.0 Å². The maximum Gasteiger partial charge on any atom is 0.250 e. The first kappa shape index (κ1) is 15.5. The topological polar surface area (TPSA) is 72.7 Å². The Morgan fingerprint density at radius 1 is 1.45 bits per heavy atom. The summed E-state index contributed by atoms with van der Waals surface area (Å²) in [5.74, 6) is 0.993. The number of pyridine rings is 1. The Morgan fingerprint density at radius 3 is 3.00 bits per heavy atom. The van der Waals surface area contributed by atoms with Gasteiger partial charge in [-0.05, 0) is 12.5 Å². The number of fused-ring (bicyclic) bond motifs is 4. The molecule has 0 aromatic carbocycles. The van der Waals surface area contributed by atoms with Crippen LogP contribution in [0.1, 0.15) is 18.0 Å². The SMILES string of the molecule is NCC(O)C[NH+]1CC2CC(C1)c1cccc(=O)n1C2.[Cl-]. The van der Waals surface area contributed by atoms with Crippen LogP contribution in [-0.4, -0.2) is 42.0 Å². The fraction of sp³-hybridized carbons (Fsp3) is 0.643. The number of rotatable bonds is 3. The van der Waals surface area contributed by atoms with E-state index in [1.165, 1.54) is 17.0 Å². The summed E-state index contributed by atoms with van der Waals surface area (Å²) >= 11 is 0. The Kier molecular flexibility index (Phi) is 4.86. The summed E-state index contributed by atoms with van der Waals surface area (Å²) in [7, 11) is 0. The van der Waals surface area contributed by atoms with Crippen LogP contribution < -0.4 is 28.6 Å². The van der Waals surface area contributed by atoms with Gasteiger partial charge in [-0.2, -0.15) is 0 Å². The second-order valence-corrected chi connectivity index (χ2v) is 5.95. The third-order valence-corrected chi connectivity index (χ3v) is 4.47. The predicted molar refractivity (Wildman–Crippen MR) is 72.2 cm³/mol. The van der Waals surface area contributed by atoms with E-state index in [1.807, 2.05) is 10.6 Å². The van der Waals surface area contributed by atoms with E-state index < -0.39 is 6.10 Å². The second kappa shape index (κ2) is 6.26. The van der Waals surface area contributed by atoms with Crippen LogP contribution >= 0.6 is 0 Å². The molecule has 4 N–H and O–H groups in total. The number of aliphatic hydroxyl groups is 1. The highest BCUT2D eigenvalue weighted by molar-refractivity contribution is 5.15. The zero-order chi connectivity index (χ0) is 13.4. The fourth-order valence-electron chi connectivity index (χ4n) is 3.70. The van der Waals surface area contributed by atoms with E-state index in [1.54, 1.807) is 6.07 Å². The summed E-state index contributed by atoms with van der Waals surface area (Å²) in [6.07, 6.45) is 0.762. The summed E-state index contributed by atoms with van der Waals surface area (Å²) in [5, 5.41) is 9.71. The van der Waals surface area contributed by atoms with E-state index in [-0.39, 0.29) is 18.0 Å². The van der Waals surface area contributed by atoms with Crippen molar-refractivity contribution >= 4 is 0 Å². The van der Waals surface area contributed by atoms with Crippen molar-refractivity contribution in [1.29, 1.82) is 0 Å². The minimum Gasteiger partial charge on any atom is -1.00 e. The van der Waals surface area contributed by atoms with E-state index in [4.69, 9.17) is 5.73 Å². The molecule has 1 aromatic heterocycles. The number of nitrogens with one attached hydrogen (secondary N) is 1. The molecule has 0 saturated carbocycles. The maximum absolute atomic E-state index is 11.9. The highest BCUT2D eigenvalue weighted by Gasteiger charge is 2.37. The van der Waals surface area contributed by atoms with Crippen LogP contribution in [0.3, 0.4) is 0 Å². The van der Waals surface area contributed by atoms with Crippen molar-refractivity contribution in [2.24, 2.45) is 11.7 Å². The smallest absolute Gasteiger partial charge is 0.250 e. The molecule has 4 atom stereocenters. The van der Waals surface area contributed by atoms with E-state index in [0.717, 1.165) is 26.2 Å². The lowest BCUT2D eigenvalue weighted by Gasteiger charge is -2.40. The van der Waals surface area contributed by atoms with Gasteiger partial charge in [-0.3, -0.25) is 4.79 Å². The Hall–Kier alpha value is -0.880. The maximum atomic E-state index is 11.9. The number of nitrogens with zero attached hydrogens (tertiary/aromatic N) is 1. The van der Waals surface area contributed by atoms with Crippen LogP contribution in [0.4, 0.5) is 0 Å². The predicted octanol–water partition coefficient (Wildman–Crippen LogP) is -4.83. The average Bonchev–Trinajstić information content (AvgIpc) is 2.40. The molecule has 3 rings (SSSR count). The minimum atomic E-state index is -0.410. The minimum absolute atomic E-state index is 0. The first-order chi connectivity index (χ1) is 9.17. The fourth-order valence-corrected chi connectivity index (χ4v) is 3.70. The molecule has 2 aliphatic heterocycles. The Bertz CT molecular complexity index is 519. The number of aromatic nitrogens is 1. The first-order valence-corrected chi connectivity index (χ1v) is 7.09. The normalized spacial score (nSPS) is 29.2. The first-order valence-electron chi connectivity index (χ1n) is 7.09. The molecule has 1 saturated heterocycles. The molecule has 2 bridgehead atoms. The highest BCUT2D eigenvalue weighted by Crippen LogP contribution is 2.29. The molecule has 3 heterocycles. The van der Waals surface area contributed by atoms with Gasteiger partial charge in [-0.1, -0.05) is 6.07 Å². The molecule has 1 aromatic rings. The monoisotopic (exact) mass is 299 g/mol. The van der Waals surface area contributed by atoms with E-state index in [9.17, 15) is 9.90 Å². The van der Waals surface area contributed by atoms with Crippen molar-refractivity contribution in [3.63, 3.8) is 0 Å². The summed E-state index contributed by atoms with van der Waals surface area (Å²) in [5.41, 5.74) is 6.79. The van der Waals surface area contributed by atoms with Gasteiger partial charge in [0.2, 0.25) is 0 Å². The van der Waals surface area contributed by atoms with Gasteiger partial charge in [0.05, 0.1) is 13.1 Å². The number of halogens is 1. The van der Waals surface area contributed by atoms with Crippen LogP contribution in [0.25, 0.3) is 0 Å². The number of aliphatic hydroxyl groups excluding tert-OH is 1. The molecule has 6 heteroatoms. The van der Waals surface area contributed by atoms with Crippen molar-refractivity contribution in [2.75, 3.05) is 26.2 Å². The summed E-state index contributed by atoms with van der Waals surface area (Å²) < 4.78 is 1.94. The Balaban J connectivity index is 0.00000147. The lowest BCUT2D eigenvalue weighted by molar-refractivity contribution is -0.913. The van der Waals surface area contributed by atoms with Crippen molar-refractivity contribution < 1.29 is 22.4 Å². The third kappa shape index (κ3) is 2.91. The highest BCUT2D eigenvalue weighted by atomic mass is 35.5. The van der Waals surface area contributed by atoms with Crippen LogP contribution in [0.15, 0.2) is 23.0 Å². The number of piperidine rings is 1. The molecule has 0 spiro atoms. The molecule has 5 nitrogen and oxygen atoms in total. The van der Waals surface area contributed by atoms with E-state index in [0.29, 0.717) is 18.4 Å². The summed E-state index contributed by atoms with van der Waals surface area (Å²) in [4.78, 5) is 13.3. The molecule has 0 amide bonds. The second-order valence-electron chi connectivity index (χ2n) is 5.95. The van der Waals surface area contributed by atoms with Gasteiger partial charge in [0.1, 0.15) is 12.6 Å². The van der Waals surface area contributed by atoms with Crippen molar-refractivity contribution in [3.8, 4) is 0 Å². The van der Waals surface area contributed by atoms with Crippen LogP contribution in [-0.2, 0) is 6.54 Å². The third-order valence-electron chi connectivity index (χ3n) is 4.47. The average molecular weight is 300 g/mol. The van der Waals surface area contributed by atoms with Crippen molar-refractivity contribution in [3.05, 3.63) is 34.2 Å². The zero-order valence-electron chi connectivity index (χ0n) is 11.5. The Morgan fingerprint density at radius 2 is 2.25 bits per heavy atom. The van der Waals surface area contributed by atoms with Gasteiger partial charge in [0, 0.05) is 36.7 Å². The molecule has 0 aliphatic carbocycles.